The van der Waals surface area contributed by atoms with Crippen LogP contribution in [0.15, 0.2) is 42.5 Å². The number of halogens is 3. The van der Waals surface area contributed by atoms with E-state index in [9.17, 15) is 13.2 Å². The fourth-order valence-electron chi connectivity index (χ4n) is 4.75. The van der Waals surface area contributed by atoms with Crippen LogP contribution in [0.5, 0.6) is 0 Å². The first kappa shape index (κ1) is 23.8. The van der Waals surface area contributed by atoms with Crippen molar-refractivity contribution in [3.63, 3.8) is 0 Å². The van der Waals surface area contributed by atoms with Gasteiger partial charge in [0.25, 0.3) is 0 Å². The fourth-order valence-corrected chi connectivity index (χ4v) is 4.75. The van der Waals surface area contributed by atoms with Crippen molar-refractivity contribution in [1.29, 1.82) is 0 Å². The van der Waals surface area contributed by atoms with Crippen LogP contribution in [0.2, 0.25) is 0 Å². The van der Waals surface area contributed by atoms with Crippen molar-refractivity contribution in [2.45, 2.75) is 83.7 Å². The summed E-state index contributed by atoms with van der Waals surface area (Å²) in [6, 6.07) is 12.1. The van der Waals surface area contributed by atoms with E-state index in [1.807, 2.05) is 24.3 Å². The summed E-state index contributed by atoms with van der Waals surface area (Å²) < 4.78 is 48.5. The van der Waals surface area contributed by atoms with E-state index in [1.165, 1.54) is 30.5 Å². The van der Waals surface area contributed by atoms with Crippen molar-refractivity contribution in [1.82, 2.24) is 0 Å². The second kappa shape index (κ2) is 11.2. The number of hydrogen-bond donors (Lipinski definition) is 0. The number of rotatable bonds is 10. The summed E-state index contributed by atoms with van der Waals surface area (Å²) in [6.07, 6.45) is 5.53. The smallest absolute Gasteiger partial charge is 0.316 e. The molecule has 1 aliphatic carbocycles. The van der Waals surface area contributed by atoms with Crippen LogP contribution in [-0.4, -0.2) is 6.61 Å². The fraction of sp³-hybridized carbons (Fsp3) is 0.556. The SMILES string of the molecule is CCCc1ccc(CCOC(F)(F)c2ccc([C@H]3CC[C@H](CCC)CC3)cc2F)cc1. The molecular weight excluding hydrogens is 397 g/mol. The number of hydrogen-bond acceptors (Lipinski definition) is 1. The third-order valence-electron chi connectivity index (χ3n) is 6.56. The van der Waals surface area contributed by atoms with Crippen LogP contribution >= 0.6 is 0 Å². The van der Waals surface area contributed by atoms with Crippen LogP contribution in [0.3, 0.4) is 0 Å². The summed E-state index contributed by atoms with van der Waals surface area (Å²) in [5, 5.41) is 0. The molecule has 0 radical (unpaired) electrons. The Morgan fingerprint density at radius 1 is 0.871 bits per heavy atom. The third-order valence-corrected chi connectivity index (χ3v) is 6.56. The molecule has 0 saturated heterocycles. The van der Waals surface area contributed by atoms with E-state index in [0.29, 0.717) is 6.42 Å². The van der Waals surface area contributed by atoms with Gasteiger partial charge < -0.3 is 4.74 Å². The molecule has 0 aromatic heterocycles. The average molecular weight is 433 g/mol. The van der Waals surface area contributed by atoms with E-state index in [4.69, 9.17) is 4.74 Å². The minimum Gasteiger partial charge on any atom is -0.316 e. The van der Waals surface area contributed by atoms with E-state index in [1.54, 1.807) is 6.07 Å². The number of ether oxygens (including phenoxy) is 1. The Hall–Kier alpha value is -1.81. The first-order valence-electron chi connectivity index (χ1n) is 11.8. The number of benzene rings is 2. The van der Waals surface area contributed by atoms with Crippen molar-refractivity contribution >= 4 is 0 Å². The molecule has 3 rings (SSSR count). The molecule has 2 aromatic carbocycles. The molecule has 0 atom stereocenters. The summed E-state index contributed by atoms with van der Waals surface area (Å²) >= 11 is 0. The minimum atomic E-state index is -3.64. The van der Waals surface area contributed by atoms with Gasteiger partial charge in [0.15, 0.2) is 0 Å². The van der Waals surface area contributed by atoms with Crippen LogP contribution in [0.4, 0.5) is 13.2 Å². The van der Waals surface area contributed by atoms with Gasteiger partial charge in [-0.25, -0.2) is 4.39 Å². The van der Waals surface area contributed by atoms with E-state index in [2.05, 4.69) is 13.8 Å². The molecular formula is C27H35F3O. The van der Waals surface area contributed by atoms with Gasteiger partial charge in [0.2, 0.25) is 0 Å². The van der Waals surface area contributed by atoms with Gasteiger partial charge in [-0.2, -0.15) is 8.78 Å². The standard InChI is InChI=1S/C27H35F3O/c1-3-5-20-7-9-22(10-8-20)17-18-31-27(29,30)25-16-15-24(19-26(25)28)23-13-11-21(6-4-2)12-14-23/h7-10,15-16,19,21,23H,3-6,11-14,17-18H2,1-2H3/t21-,23-. The molecule has 0 amide bonds. The minimum absolute atomic E-state index is 0.164. The van der Waals surface area contributed by atoms with E-state index >= 15 is 0 Å². The Morgan fingerprint density at radius 2 is 1.52 bits per heavy atom. The van der Waals surface area contributed by atoms with Crippen molar-refractivity contribution in [2.24, 2.45) is 5.92 Å². The summed E-state index contributed by atoms with van der Waals surface area (Å²) in [5.41, 5.74) is 2.33. The second-order valence-electron chi connectivity index (χ2n) is 8.93. The largest absolute Gasteiger partial charge is 0.386 e. The Morgan fingerprint density at radius 3 is 2.10 bits per heavy atom. The zero-order valence-electron chi connectivity index (χ0n) is 18.8. The Bertz CT molecular complexity index is 808. The van der Waals surface area contributed by atoms with E-state index in [0.717, 1.165) is 55.6 Å². The molecule has 2 aromatic rings. The van der Waals surface area contributed by atoms with Gasteiger partial charge in [0.1, 0.15) is 5.82 Å². The molecule has 0 spiro atoms. The zero-order valence-corrected chi connectivity index (χ0v) is 18.8. The lowest BCUT2D eigenvalue weighted by molar-refractivity contribution is -0.249. The van der Waals surface area contributed by atoms with Crippen LogP contribution in [0.25, 0.3) is 0 Å². The number of alkyl halides is 2. The van der Waals surface area contributed by atoms with Crippen LogP contribution < -0.4 is 0 Å². The molecule has 170 valence electrons. The molecule has 1 fully saturated rings. The highest BCUT2D eigenvalue weighted by molar-refractivity contribution is 5.29. The molecule has 1 saturated carbocycles. The van der Waals surface area contributed by atoms with E-state index < -0.39 is 17.5 Å². The third kappa shape index (κ3) is 6.58. The lowest BCUT2D eigenvalue weighted by atomic mass is 9.77. The molecule has 0 bridgehead atoms. The molecule has 0 unspecified atom stereocenters. The van der Waals surface area contributed by atoms with Crippen molar-refractivity contribution < 1.29 is 17.9 Å². The highest BCUT2D eigenvalue weighted by Gasteiger charge is 2.36. The summed E-state index contributed by atoms with van der Waals surface area (Å²) in [6.45, 7) is 4.15. The molecule has 1 nitrogen and oxygen atoms in total. The molecule has 4 heteroatoms. The normalized spacial score (nSPS) is 19.5. The Balaban J connectivity index is 1.55. The van der Waals surface area contributed by atoms with Gasteiger partial charge >= 0.3 is 6.11 Å². The lowest BCUT2D eigenvalue weighted by Gasteiger charge is -2.29. The molecule has 0 N–H and O–H groups in total. The Labute approximate surface area is 185 Å². The number of aryl methyl sites for hydroxylation is 1. The first-order chi connectivity index (χ1) is 14.9. The average Bonchev–Trinajstić information content (AvgIpc) is 2.75. The Kier molecular flexibility index (Phi) is 8.59. The highest BCUT2D eigenvalue weighted by Crippen LogP contribution is 2.39. The van der Waals surface area contributed by atoms with Crippen LogP contribution in [-0.2, 0) is 23.7 Å². The predicted molar refractivity (Wildman–Crippen MR) is 120 cm³/mol. The van der Waals surface area contributed by atoms with Gasteiger partial charge in [-0.1, -0.05) is 63.4 Å². The monoisotopic (exact) mass is 432 g/mol. The predicted octanol–water partition coefficient (Wildman–Crippen LogP) is 8.16. The quantitative estimate of drug-likeness (QED) is 0.368. The van der Waals surface area contributed by atoms with Crippen LogP contribution in [0.1, 0.15) is 87.0 Å². The zero-order chi connectivity index (χ0) is 22.3. The molecule has 0 heterocycles. The van der Waals surface area contributed by atoms with Crippen molar-refractivity contribution in [3.8, 4) is 0 Å². The molecule has 1 aliphatic rings. The van der Waals surface area contributed by atoms with Gasteiger partial charge in [-0.15, -0.1) is 0 Å². The van der Waals surface area contributed by atoms with Gasteiger partial charge in [-0.3, -0.25) is 0 Å². The second-order valence-corrected chi connectivity index (χ2v) is 8.93. The lowest BCUT2D eigenvalue weighted by Crippen LogP contribution is -2.22. The topological polar surface area (TPSA) is 9.23 Å². The molecule has 31 heavy (non-hydrogen) atoms. The van der Waals surface area contributed by atoms with Crippen LogP contribution in [0, 0.1) is 11.7 Å². The van der Waals surface area contributed by atoms with Crippen molar-refractivity contribution in [3.05, 3.63) is 70.5 Å². The van der Waals surface area contributed by atoms with Crippen molar-refractivity contribution in [2.75, 3.05) is 6.61 Å². The maximum Gasteiger partial charge on any atom is 0.386 e. The van der Waals surface area contributed by atoms with E-state index in [-0.39, 0.29) is 12.5 Å². The highest BCUT2D eigenvalue weighted by atomic mass is 19.3. The van der Waals surface area contributed by atoms with Gasteiger partial charge in [0, 0.05) is 0 Å². The maximum atomic E-state index is 14.6. The molecule has 0 aliphatic heterocycles. The summed E-state index contributed by atoms with van der Waals surface area (Å²) in [4.78, 5) is 0. The van der Waals surface area contributed by atoms with Gasteiger partial charge in [0.05, 0.1) is 12.2 Å². The summed E-state index contributed by atoms with van der Waals surface area (Å²) in [5.74, 6) is 0.148. The van der Waals surface area contributed by atoms with Gasteiger partial charge in [-0.05, 0) is 79.2 Å². The first-order valence-corrected chi connectivity index (χ1v) is 11.8. The maximum absolute atomic E-state index is 14.6. The summed E-state index contributed by atoms with van der Waals surface area (Å²) in [7, 11) is 0.